The van der Waals surface area contributed by atoms with E-state index in [1.807, 2.05) is 42.5 Å². The Hall–Kier alpha value is -3.15. The lowest BCUT2D eigenvalue weighted by Crippen LogP contribution is -2.21. The molecule has 6 heteroatoms. The van der Waals surface area contributed by atoms with E-state index in [9.17, 15) is 9.59 Å². The summed E-state index contributed by atoms with van der Waals surface area (Å²) in [5, 5.41) is 6.79. The van der Waals surface area contributed by atoms with Crippen LogP contribution < -0.4 is 10.6 Å². The first-order valence-electron chi connectivity index (χ1n) is 11.4. The summed E-state index contributed by atoms with van der Waals surface area (Å²) < 4.78 is 6.00. The minimum absolute atomic E-state index is 0.0491. The van der Waals surface area contributed by atoms with Gasteiger partial charge in [-0.15, -0.1) is 0 Å². The zero-order valence-electron chi connectivity index (χ0n) is 18.2. The number of ketones is 1. The third-order valence-corrected chi connectivity index (χ3v) is 6.62. The quantitative estimate of drug-likeness (QED) is 0.325. The first-order chi connectivity index (χ1) is 16.1. The van der Waals surface area contributed by atoms with Gasteiger partial charge in [0.25, 0.3) is 5.91 Å². The van der Waals surface area contributed by atoms with E-state index in [1.165, 1.54) is 12.8 Å². The van der Waals surface area contributed by atoms with Crippen LogP contribution in [0.15, 0.2) is 59.0 Å². The van der Waals surface area contributed by atoms with Gasteiger partial charge in [0.2, 0.25) is 0 Å². The van der Waals surface area contributed by atoms with Gasteiger partial charge in [0.15, 0.2) is 5.78 Å². The van der Waals surface area contributed by atoms with E-state index in [1.54, 1.807) is 18.2 Å². The molecule has 0 radical (unpaired) electrons. The largest absolute Gasteiger partial charge is 0.457 e. The third kappa shape index (κ3) is 4.65. The lowest BCUT2D eigenvalue weighted by molar-refractivity contribution is -0.110. The Morgan fingerprint density at radius 3 is 2.88 bits per heavy atom. The second-order valence-corrected chi connectivity index (χ2v) is 8.97. The van der Waals surface area contributed by atoms with Crippen molar-refractivity contribution in [2.45, 2.75) is 38.1 Å². The highest BCUT2D eigenvalue weighted by atomic mass is 35.5. The van der Waals surface area contributed by atoms with Gasteiger partial charge in [-0.25, -0.2) is 0 Å². The minimum atomic E-state index is -0.152. The molecule has 33 heavy (non-hydrogen) atoms. The van der Waals surface area contributed by atoms with E-state index in [-0.39, 0.29) is 11.7 Å². The molecule has 1 amide bonds. The number of fused-ring (bicyclic) bond motifs is 1. The van der Waals surface area contributed by atoms with E-state index in [0.29, 0.717) is 40.1 Å². The molecule has 1 fully saturated rings. The van der Waals surface area contributed by atoms with Crippen molar-refractivity contribution < 1.29 is 14.0 Å². The Kier molecular flexibility index (Phi) is 6.16. The van der Waals surface area contributed by atoms with Gasteiger partial charge in [-0.2, -0.15) is 0 Å². The Balaban J connectivity index is 1.32. The zero-order chi connectivity index (χ0) is 22.8. The summed E-state index contributed by atoms with van der Waals surface area (Å²) in [6.07, 6.45) is 6.48. The van der Waals surface area contributed by atoms with Crippen LogP contribution in [-0.4, -0.2) is 24.3 Å². The smallest absolute Gasteiger partial charge is 0.256 e. The van der Waals surface area contributed by atoms with Crippen molar-refractivity contribution in [1.82, 2.24) is 5.32 Å². The second kappa shape index (κ2) is 9.38. The highest BCUT2D eigenvalue weighted by Crippen LogP contribution is 2.34. The molecule has 2 aliphatic rings. The van der Waals surface area contributed by atoms with E-state index in [0.717, 1.165) is 36.2 Å². The van der Waals surface area contributed by atoms with Crippen LogP contribution in [0.3, 0.4) is 0 Å². The first kappa shape index (κ1) is 21.7. The third-order valence-electron chi connectivity index (χ3n) is 6.29. The van der Waals surface area contributed by atoms with E-state index < -0.39 is 0 Å². The number of rotatable bonds is 7. The van der Waals surface area contributed by atoms with Crippen LogP contribution in [0.5, 0.6) is 0 Å². The highest BCUT2D eigenvalue weighted by Gasteiger charge is 2.24. The molecule has 2 aromatic carbocycles. The molecule has 1 aromatic heterocycles. The summed E-state index contributed by atoms with van der Waals surface area (Å²) in [6.45, 7) is 1.07. The highest BCUT2D eigenvalue weighted by molar-refractivity contribution is 6.35. The number of nitrogens with one attached hydrogen (secondary N) is 2. The fourth-order valence-corrected chi connectivity index (χ4v) is 4.77. The van der Waals surface area contributed by atoms with Crippen molar-refractivity contribution in [3.8, 4) is 11.3 Å². The molecule has 5 rings (SSSR count). The standard InChI is InChI=1S/C27H25ClN2O3/c28-23-12-10-17(15-22(23)25(31)9-3-5-18-6-4-14-29-18)26-13-11-19(33-26)16-21-20-7-1-2-8-24(20)30-27(21)32/h1-2,7-8,10-13,15-16,18,29H,3-6,9,14H2,(H,30,32)/b21-16+. The maximum Gasteiger partial charge on any atom is 0.256 e. The minimum Gasteiger partial charge on any atom is -0.457 e. The Morgan fingerprint density at radius 1 is 1.15 bits per heavy atom. The van der Waals surface area contributed by atoms with Crippen molar-refractivity contribution in [3.05, 3.63) is 76.5 Å². The maximum absolute atomic E-state index is 12.8. The lowest BCUT2D eigenvalue weighted by atomic mass is 10.00. The maximum atomic E-state index is 12.8. The molecular weight excluding hydrogens is 436 g/mol. The van der Waals surface area contributed by atoms with Gasteiger partial charge in [-0.1, -0.05) is 29.8 Å². The number of amides is 1. The second-order valence-electron chi connectivity index (χ2n) is 8.56. The molecule has 2 N–H and O–H groups in total. The van der Waals surface area contributed by atoms with Crippen LogP contribution in [0, 0.1) is 0 Å². The number of benzene rings is 2. The van der Waals surface area contributed by atoms with Crippen LogP contribution in [0.4, 0.5) is 5.69 Å². The van der Waals surface area contributed by atoms with Crippen LogP contribution in [0.25, 0.3) is 23.0 Å². The van der Waals surface area contributed by atoms with Crippen LogP contribution in [0.1, 0.15) is 53.8 Å². The molecule has 2 aliphatic heterocycles. The molecule has 1 saturated heterocycles. The molecule has 3 aromatic rings. The van der Waals surface area contributed by atoms with Gasteiger partial charge in [0.05, 0.1) is 10.6 Å². The van der Waals surface area contributed by atoms with Gasteiger partial charge < -0.3 is 15.1 Å². The molecule has 1 unspecified atom stereocenters. The summed E-state index contributed by atoms with van der Waals surface area (Å²) in [6, 6.07) is 17.1. The van der Waals surface area contributed by atoms with Crippen LogP contribution in [0.2, 0.25) is 5.02 Å². The number of halogens is 1. The lowest BCUT2D eigenvalue weighted by Gasteiger charge is -2.10. The van der Waals surface area contributed by atoms with Gasteiger partial charge in [-0.3, -0.25) is 9.59 Å². The monoisotopic (exact) mass is 460 g/mol. The van der Waals surface area contributed by atoms with Gasteiger partial charge >= 0.3 is 0 Å². The number of para-hydroxylation sites is 1. The summed E-state index contributed by atoms with van der Waals surface area (Å²) in [4.78, 5) is 25.2. The number of Topliss-reactive ketones (excluding diaryl/α,β-unsaturated/α-hetero) is 1. The summed E-state index contributed by atoms with van der Waals surface area (Å²) in [5.41, 5.74) is 3.52. The number of hydrogen-bond donors (Lipinski definition) is 2. The zero-order valence-corrected chi connectivity index (χ0v) is 19.0. The van der Waals surface area contributed by atoms with Crippen molar-refractivity contribution >= 4 is 40.6 Å². The predicted molar refractivity (Wildman–Crippen MR) is 131 cm³/mol. The van der Waals surface area contributed by atoms with Crippen molar-refractivity contribution in [3.63, 3.8) is 0 Å². The number of furan rings is 1. The number of carbonyl (C=O) groups is 2. The van der Waals surface area contributed by atoms with Gasteiger partial charge in [0, 0.05) is 34.8 Å². The molecule has 1 atom stereocenters. The fraction of sp³-hybridized carbons (Fsp3) is 0.259. The molecule has 0 saturated carbocycles. The fourth-order valence-electron chi connectivity index (χ4n) is 4.55. The van der Waals surface area contributed by atoms with Gasteiger partial charge in [0.1, 0.15) is 11.5 Å². The average Bonchev–Trinajstić information content (AvgIpc) is 3.56. The first-order valence-corrected chi connectivity index (χ1v) is 11.7. The summed E-state index contributed by atoms with van der Waals surface area (Å²) in [7, 11) is 0. The molecule has 168 valence electrons. The molecule has 0 aliphatic carbocycles. The molecule has 3 heterocycles. The molecular formula is C27H25ClN2O3. The molecule has 0 spiro atoms. The number of anilines is 1. The SMILES string of the molecule is O=C1Nc2ccccc2/C1=C\c1ccc(-c2ccc(Cl)c(C(=O)CCCC3CCCN3)c2)o1. The normalized spacial score (nSPS) is 18.5. The molecule has 0 bridgehead atoms. The number of carbonyl (C=O) groups excluding carboxylic acids is 2. The topological polar surface area (TPSA) is 71.3 Å². The predicted octanol–water partition coefficient (Wildman–Crippen LogP) is 6.20. The van der Waals surface area contributed by atoms with E-state index >= 15 is 0 Å². The molecule has 5 nitrogen and oxygen atoms in total. The van der Waals surface area contributed by atoms with Gasteiger partial charge in [-0.05, 0) is 74.7 Å². The van der Waals surface area contributed by atoms with Crippen LogP contribution >= 0.6 is 11.6 Å². The van der Waals surface area contributed by atoms with Crippen molar-refractivity contribution in [1.29, 1.82) is 0 Å². The Labute approximate surface area is 197 Å². The summed E-state index contributed by atoms with van der Waals surface area (Å²) >= 11 is 6.35. The van der Waals surface area contributed by atoms with Crippen LogP contribution in [-0.2, 0) is 4.79 Å². The number of hydrogen-bond acceptors (Lipinski definition) is 4. The average molecular weight is 461 g/mol. The Bertz CT molecular complexity index is 1240. The van der Waals surface area contributed by atoms with Crippen molar-refractivity contribution in [2.75, 3.05) is 11.9 Å². The van der Waals surface area contributed by atoms with E-state index in [2.05, 4.69) is 10.6 Å². The summed E-state index contributed by atoms with van der Waals surface area (Å²) in [5.74, 6) is 1.09. The Morgan fingerprint density at radius 2 is 2.03 bits per heavy atom. The van der Waals surface area contributed by atoms with E-state index in [4.69, 9.17) is 16.0 Å². The van der Waals surface area contributed by atoms with Crippen molar-refractivity contribution in [2.24, 2.45) is 0 Å².